The van der Waals surface area contributed by atoms with Crippen LogP contribution in [0.3, 0.4) is 0 Å². The normalized spacial score (nSPS) is 19.3. The fourth-order valence-corrected chi connectivity index (χ4v) is 2.47. The number of benzene rings is 1. The Morgan fingerprint density at radius 3 is 3.10 bits per heavy atom. The minimum Gasteiger partial charge on any atom is -0.355 e. The van der Waals surface area contributed by atoms with Gasteiger partial charge in [-0.1, -0.05) is 18.2 Å². The fraction of sp³-hybridized carbons (Fsp3) is 0.467. The van der Waals surface area contributed by atoms with Crippen molar-refractivity contribution in [2.24, 2.45) is 0 Å². The maximum Gasteiger partial charge on any atom is 0.238 e. The smallest absolute Gasteiger partial charge is 0.238 e. The second kappa shape index (κ2) is 7.04. The highest BCUT2D eigenvalue weighted by Gasteiger charge is 2.28. The van der Waals surface area contributed by atoms with E-state index in [2.05, 4.69) is 21.6 Å². The molecule has 0 aliphatic carbocycles. The topological polar surface area (TPSA) is 68.2 Å². The first-order chi connectivity index (χ1) is 9.76. The Labute approximate surface area is 119 Å². The van der Waals surface area contributed by atoms with E-state index in [4.69, 9.17) is 5.26 Å². The molecule has 0 radical (unpaired) electrons. The third kappa shape index (κ3) is 3.35. The van der Waals surface area contributed by atoms with E-state index < -0.39 is 0 Å². The van der Waals surface area contributed by atoms with Gasteiger partial charge in [-0.05, 0) is 18.6 Å². The Kier molecular flexibility index (Phi) is 5.10. The number of carbonyl (C=O) groups is 1. The van der Waals surface area contributed by atoms with Crippen molar-refractivity contribution >= 4 is 5.91 Å². The van der Waals surface area contributed by atoms with E-state index in [0.717, 1.165) is 18.7 Å². The van der Waals surface area contributed by atoms with E-state index >= 15 is 0 Å². The summed E-state index contributed by atoms with van der Waals surface area (Å²) in [7, 11) is 0. The second-order valence-electron chi connectivity index (χ2n) is 4.85. The molecule has 0 saturated carbocycles. The zero-order chi connectivity index (χ0) is 14.4. The number of hydrogen-bond acceptors (Lipinski definition) is 4. The molecule has 2 N–H and O–H groups in total. The molecule has 1 aromatic carbocycles. The molecule has 20 heavy (non-hydrogen) atoms. The molecule has 1 unspecified atom stereocenters. The van der Waals surface area contributed by atoms with Gasteiger partial charge in [0.05, 0.1) is 11.6 Å². The summed E-state index contributed by atoms with van der Waals surface area (Å²) >= 11 is 0. The van der Waals surface area contributed by atoms with Gasteiger partial charge < -0.3 is 10.6 Å². The molecule has 1 amide bonds. The summed E-state index contributed by atoms with van der Waals surface area (Å²) in [5.41, 5.74) is 1.66. The second-order valence-corrected chi connectivity index (χ2v) is 4.85. The van der Waals surface area contributed by atoms with Crippen LogP contribution in [0.25, 0.3) is 0 Å². The van der Waals surface area contributed by atoms with Crippen LogP contribution in [0.1, 0.15) is 18.1 Å². The quantitative estimate of drug-likeness (QED) is 0.836. The van der Waals surface area contributed by atoms with Crippen LogP contribution in [0.4, 0.5) is 0 Å². The maximum absolute atomic E-state index is 12.1. The molecule has 1 aromatic rings. The number of piperazine rings is 1. The van der Waals surface area contributed by atoms with Crippen LogP contribution >= 0.6 is 0 Å². The first-order valence-corrected chi connectivity index (χ1v) is 6.96. The van der Waals surface area contributed by atoms with Crippen LogP contribution in [0.5, 0.6) is 0 Å². The molecule has 5 nitrogen and oxygen atoms in total. The van der Waals surface area contributed by atoms with Gasteiger partial charge in [0.25, 0.3) is 0 Å². The molecular weight excluding hydrogens is 252 g/mol. The van der Waals surface area contributed by atoms with Crippen molar-refractivity contribution in [3.63, 3.8) is 0 Å². The highest BCUT2D eigenvalue weighted by atomic mass is 16.2. The Bertz CT molecular complexity index is 509. The lowest BCUT2D eigenvalue weighted by Crippen LogP contribution is -2.57. The number of hydrogen-bond donors (Lipinski definition) is 2. The summed E-state index contributed by atoms with van der Waals surface area (Å²) in [4.78, 5) is 14.2. The molecule has 1 aliphatic rings. The molecule has 1 saturated heterocycles. The van der Waals surface area contributed by atoms with E-state index in [9.17, 15) is 4.79 Å². The third-order valence-corrected chi connectivity index (χ3v) is 3.52. The minimum absolute atomic E-state index is 0.0501. The van der Waals surface area contributed by atoms with Gasteiger partial charge >= 0.3 is 0 Å². The van der Waals surface area contributed by atoms with Crippen molar-refractivity contribution in [1.82, 2.24) is 15.5 Å². The number of nitrogens with zero attached hydrogens (tertiary/aromatic N) is 2. The van der Waals surface area contributed by atoms with Crippen molar-refractivity contribution in [3.05, 3.63) is 35.4 Å². The predicted octanol–water partition coefficient (Wildman–Crippen LogP) is 0.468. The zero-order valence-electron chi connectivity index (χ0n) is 11.7. The number of amides is 1. The zero-order valence-corrected chi connectivity index (χ0v) is 11.7. The monoisotopic (exact) mass is 272 g/mol. The fourth-order valence-electron chi connectivity index (χ4n) is 2.47. The SMILES string of the molecule is CCNC(=O)C1CNCCN1Cc1ccccc1C#N. The van der Waals surface area contributed by atoms with E-state index in [0.29, 0.717) is 25.2 Å². The summed E-state index contributed by atoms with van der Waals surface area (Å²) in [6.45, 7) is 5.52. The number of carbonyl (C=O) groups excluding carboxylic acids is 1. The minimum atomic E-state index is -0.171. The van der Waals surface area contributed by atoms with Crippen LogP contribution in [-0.4, -0.2) is 43.0 Å². The molecular formula is C15H20N4O. The van der Waals surface area contributed by atoms with E-state index in [-0.39, 0.29) is 11.9 Å². The summed E-state index contributed by atoms with van der Waals surface area (Å²) in [6.07, 6.45) is 0. The number of nitriles is 1. The van der Waals surface area contributed by atoms with Crippen LogP contribution in [0.2, 0.25) is 0 Å². The first-order valence-electron chi connectivity index (χ1n) is 6.96. The van der Waals surface area contributed by atoms with Crippen LogP contribution in [-0.2, 0) is 11.3 Å². The largest absolute Gasteiger partial charge is 0.355 e. The Hall–Kier alpha value is -1.90. The van der Waals surface area contributed by atoms with E-state index in [1.165, 1.54) is 0 Å². The number of rotatable bonds is 4. The standard InChI is InChI=1S/C15H20N4O/c1-2-18-15(20)14-10-17-7-8-19(14)11-13-6-4-3-5-12(13)9-16/h3-6,14,17H,2,7-8,10-11H2,1H3,(H,18,20). The van der Waals surface area contributed by atoms with Gasteiger partial charge in [0.15, 0.2) is 0 Å². The van der Waals surface area contributed by atoms with Gasteiger partial charge in [-0.3, -0.25) is 9.69 Å². The van der Waals surface area contributed by atoms with Gasteiger partial charge in [-0.25, -0.2) is 0 Å². The van der Waals surface area contributed by atoms with Crippen molar-refractivity contribution in [3.8, 4) is 6.07 Å². The summed E-state index contributed by atoms with van der Waals surface area (Å²) in [5, 5.41) is 15.3. The predicted molar refractivity (Wildman–Crippen MR) is 76.9 cm³/mol. The average molecular weight is 272 g/mol. The van der Waals surface area contributed by atoms with Crippen molar-refractivity contribution in [1.29, 1.82) is 5.26 Å². The molecule has 106 valence electrons. The van der Waals surface area contributed by atoms with Crippen LogP contribution in [0.15, 0.2) is 24.3 Å². The molecule has 1 fully saturated rings. The molecule has 1 atom stereocenters. The Morgan fingerprint density at radius 2 is 2.35 bits per heavy atom. The van der Waals surface area contributed by atoms with E-state index in [1.807, 2.05) is 31.2 Å². The van der Waals surface area contributed by atoms with Crippen molar-refractivity contribution < 1.29 is 4.79 Å². The summed E-state index contributed by atoms with van der Waals surface area (Å²) in [6, 6.07) is 9.60. The highest BCUT2D eigenvalue weighted by molar-refractivity contribution is 5.82. The summed E-state index contributed by atoms with van der Waals surface area (Å²) < 4.78 is 0. The average Bonchev–Trinajstić information content (AvgIpc) is 2.48. The third-order valence-electron chi connectivity index (χ3n) is 3.52. The lowest BCUT2D eigenvalue weighted by atomic mass is 10.1. The molecule has 5 heteroatoms. The molecule has 0 aromatic heterocycles. The lowest BCUT2D eigenvalue weighted by Gasteiger charge is -2.35. The van der Waals surface area contributed by atoms with Gasteiger partial charge in [0.2, 0.25) is 5.91 Å². The van der Waals surface area contributed by atoms with Crippen LogP contribution < -0.4 is 10.6 Å². The summed E-state index contributed by atoms with van der Waals surface area (Å²) in [5.74, 6) is 0.0501. The van der Waals surface area contributed by atoms with Crippen LogP contribution in [0, 0.1) is 11.3 Å². The van der Waals surface area contributed by atoms with Gasteiger partial charge in [0, 0.05) is 32.7 Å². The van der Waals surface area contributed by atoms with E-state index in [1.54, 1.807) is 0 Å². The molecule has 2 rings (SSSR count). The number of nitrogens with one attached hydrogen (secondary N) is 2. The van der Waals surface area contributed by atoms with Gasteiger partial charge in [-0.15, -0.1) is 0 Å². The number of likely N-dealkylation sites (N-methyl/N-ethyl adjacent to an activating group) is 1. The Morgan fingerprint density at radius 1 is 1.55 bits per heavy atom. The lowest BCUT2D eigenvalue weighted by molar-refractivity contribution is -0.127. The van der Waals surface area contributed by atoms with Gasteiger partial charge in [0.1, 0.15) is 6.04 Å². The molecule has 0 spiro atoms. The first kappa shape index (κ1) is 14.5. The Balaban J connectivity index is 2.13. The highest BCUT2D eigenvalue weighted by Crippen LogP contribution is 2.14. The maximum atomic E-state index is 12.1. The van der Waals surface area contributed by atoms with Crippen molar-refractivity contribution in [2.75, 3.05) is 26.2 Å². The van der Waals surface area contributed by atoms with Crippen molar-refractivity contribution in [2.45, 2.75) is 19.5 Å². The molecule has 1 heterocycles. The molecule has 1 aliphatic heterocycles. The van der Waals surface area contributed by atoms with Gasteiger partial charge in [-0.2, -0.15) is 5.26 Å². The molecule has 0 bridgehead atoms.